The van der Waals surface area contributed by atoms with Gasteiger partial charge in [-0.2, -0.15) is 0 Å². The van der Waals surface area contributed by atoms with Gasteiger partial charge in [-0.25, -0.2) is 0 Å². The van der Waals surface area contributed by atoms with Crippen molar-refractivity contribution < 1.29 is 14.2 Å². The van der Waals surface area contributed by atoms with Crippen LogP contribution in [0.25, 0.3) is 0 Å². The molecule has 3 saturated heterocycles. The smallest absolute Gasteiger partial charge is 0.100 e. The number of likely N-dealkylation sites (tertiary alicyclic amines) is 1. The predicted octanol–water partition coefficient (Wildman–Crippen LogP) is 2.26. The molecule has 0 spiro atoms. The number of pyridine rings is 1. The highest BCUT2D eigenvalue weighted by molar-refractivity contribution is 5.07. The van der Waals surface area contributed by atoms with Gasteiger partial charge in [0.2, 0.25) is 0 Å². The molecule has 3 fully saturated rings. The minimum absolute atomic E-state index is 0.176. The van der Waals surface area contributed by atoms with E-state index in [0.29, 0.717) is 12.6 Å². The first-order chi connectivity index (χ1) is 11.9. The molecule has 0 unspecified atom stereocenters. The van der Waals surface area contributed by atoms with Gasteiger partial charge in [0.05, 0.1) is 12.7 Å². The van der Waals surface area contributed by atoms with Gasteiger partial charge in [0.15, 0.2) is 0 Å². The standard InChI is InChI=1S/C19H28N2O3/c1-3-16(11-20-7-1)14-24-18-13-21(12-15-5-9-22-10-6-15)17-4-2-8-23-19(17)18/h1,3,7,11,15,17-19H,2,4-6,8-10,12-14H2/t17-,18+,19-/m0/s1. The maximum atomic E-state index is 6.25. The second-order valence-electron chi connectivity index (χ2n) is 7.27. The molecule has 4 rings (SSSR count). The fourth-order valence-electron chi connectivity index (χ4n) is 4.31. The van der Waals surface area contributed by atoms with Crippen LogP contribution in [0.1, 0.15) is 31.2 Å². The molecule has 3 aliphatic rings. The lowest BCUT2D eigenvalue weighted by molar-refractivity contribution is -0.0822. The second kappa shape index (κ2) is 7.91. The lowest BCUT2D eigenvalue weighted by Gasteiger charge is -2.34. The van der Waals surface area contributed by atoms with Gasteiger partial charge in [-0.05, 0) is 43.2 Å². The molecule has 132 valence electrons. The zero-order valence-electron chi connectivity index (χ0n) is 14.3. The Morgan fingerprint density at radius 1 is 1.21 bits per heavy atom. The molecule has 3 atom stereocenters. The highest BCUT2D eigenvalue weighted by atomic mass is 16.5. The molecule has 3 aliphatic heterocycles. The summed E-state index contributed by atoms with van der Waals surface area (Å²) in [6.45, 7) is 5.50. The fourth-order valence-corrected chi connectivity index (χ4v) is 4.31. The summed E-state index contributed by atoms with van der Waals surface area (Å²) >= 11 is 0. The third-order valence-corrected chi connectivity index (χ3v) is 5.60. The Morgan fingerprint density at radius 2 is 2.12 bits per heavy atom. The van der Waals surface area contributed by atoms with E-state index in [-0.39, 0.29) is 12.2 Å². The van der Waals surface area contributed by atoms with Crippen LogP contribution in [-0.2, 0) is 20.8 Å². The van der Waals surface area contributed by atoms with Gasteiger partial charge < -0.3 is 14.2 Å². The summed E-state index contributed by atoms with van der Waals surface area (Å²) in [5.41, 5.74) is 1.13. The van der Waals surface area contributed by atoms with E-state index >= 15 is 0 Å². The van der Waals surface area contributed by atoms with Crippen LogP contribution in [0.2, 0.25) is 0 Å². The van der Waals surface area contributed by atoms with Crippen molar-refractivity contribution in [3.63, 3.8) is 0 Å². The van der Waals surface area contributed by atoms with Gasteiger partial charge in [-0.1, -0.05) is 6.07 Å². The summed E-state index contributed by atoms with van der Waals surface area (Å²) in [6.07, 6.45) is 8.88. The predicted molar refractivity (Wildman–Crippen MR) is 90.7 cm³/mol. The van der Waals surface area contributed by atoms with E-state index < -0.39 is 0 Å². The maximum Gasteiger partial charge on any atom is 0.100 e. The molecule has 5 heteroatoms. The van der Waals surface area contributed by atoms with E-state index in [1.165, 1.54) is 32.2 Å². The largest absolute Gasteiger partial charge is 0.381 e. The molecule has 0 amide bonds. The Balaban J connectivity index is 1.37. The van der Waals surface area contributed by atoms with Crippen molar-refractivity contribution >= 4 is 0 Å². The number of nitrogens with zero attached hydrogens (tertiary/aromatic N) is 2. The van der Waals surface area contributed by atoms with Crippen molar-refractivity contribution in [3.8, 4) is 0 Å². The molecule has 1 aromatic heterocycles. The van der Waals surface area contributed by atoms with Gasteiger partial charge in [0.1, 0.15) is 6.10 Å². The first-order valence-electron chi connectivity index (χ1n) is 9.34. The summed E-state index contributed by atoms with van der Waals surface area (Å²) in [7, 11) is 0. The van der Waals surface area contributed by atoms with Crippen LogP contribution in [-0.4, -0.2) is 61.0 Å². The zero-order valence-corrected chi connectivity index (χ0v) is 14.3. The molecule has 1 aromatic rings. The molecular formula is C19H28N2O3. The maximum absolute atomic E-state index is 6.25. The second-order valence-corrected chi connectivity index (χ2v) is 7.27. The summed E-state index contributed by atoms with van der Waals surface area (Å²) < 4.78 is 17.9. The molecule has 0 N–H and O–H groups in total. The van der Waals surface area contributed by atoms with E-state index in [9.17, 15) is 0 Å². The minimum Gasteiger partial charge on any atom is -0.381 e. The summed E-state index contributed by atoms with van der Waals surface area (Å²) in [4.78, 5) is 6.80. The molecular weight excluding hydrogens is 304 g/mol. The lowest BCUT2D eigenvalue weighted by atomic mass is 9.97. The average Bonchev–Trinajstić information content (AvgIpc) is 3.00. The Hall–Kier alpha value is -1.01. The van der Waals surface area contributed by atoms with Crippen molar-refractivity contribution in [2.24, 2.45) is 5.92 Å². The van der Waals surface area contributed by atoms with Gasteiger partial charge in [0, 0.05) is 51.3 Å². The van der Waals surface area contributed by atoms with Crippen LogP contribution in [0.5, 0.6) is 0 Å². The highest BCUT2D eigenvalue weighted by Crippen LogP contribution is 2.32. The van der Waals surface area contributed by atoms with Gasteiger partial charge in [-0.15, -0.1) is 0 Å². The van der Waals surface area contributed by atoms with Crippen LogP contribution in [0.15, 0.2) is 24.5 Å². The summed E-state index contributed by atoms with van der Waals surface area (Å²) in [5, 5.41) is 0. The van der Waals surface area contributed by atoms with Crippen molar-refractivity contribution in [2.45, 2.75) is 50.5 Å². The van der Waals surface area contributed by atoms with E-state index in [1.807, 2.05) is 12.3 Å². The lowest BCUT2D eigenvalue weighted by Crippen LogP contribution is -2.43. The fraction of sp³-hybridized carbons (Fsp3) is 0.737. The topological polar surface area (TPSA) is 43.8 Å². The number of fused-ring (bicyclic) bond motifs is 1. The van der Waals surface area contributed by atoms with E-state index in [1.54, 1.807) is 6.20 Å². The van der Waals surface area contributed by atoms with Crippen LogP contribution < -0.4 is 0 Å². The van der Waals surface area contributed by atoms with Crippen molar-refractivity contribution in [3.05, 3.63) is 30.1 Å². The Kier molecular flexibility index (Phi) is 5.43. The molecule has 0 radical (unpaired) electrons. The Bertz CT molecular complexity index is 507. The van der Waals surface area contributed by atoms with Crippen LogP contribution >= 0.6 is 0 Å². The average molecular weight is 332 g/mol. The third kappa shape index (κ3) is 3.80. The first kappa shape index (κ1) is 16.5. The molecule has 5 nitrogen and oxygen atoms in total. The molecule has 0 bridgehead atoms. The van der Waals surface area contributed by atoms with E-state index in [0.717, 1.165) is 37.8 Å². The van der Waals surface area contributed by atoms with Crippen molar-refractivity contribution in [1.82, 2.24) is 9.88 Å². The van der Waals surface area contributed by atoms with Gasteiger partial charge in [0.25, 0.3) is 0 Å². The molecule has 0 aromatic carbocycles. The van der Waals surface area contributed by atoms with Crippen molar-refractivity contribution in [2.75, 3.05) is 32.9 Å². The van der Waals surface area contributed by atoms with E-state index in [4.69, 9.17) is 14.2 Å². The number of rotatable bonds is 5. The highest BCUT2D eigenvalue weighted by Gasteiger charge is 2.45. The number of hydrogen-bond acceptors (Lipinski definition) is 5. The van der Waals surface area contributed by atoms with Crippen molar-refractivity contribution in [1.29, 1.82) is 0 Å². The Labute approximate surface area is 144 Å². The molecule has 24 heavy (non-hydrogen) atoms. The molecule has 0 aliphatic carbocycles. The monoisotopic (exact) mass is 332 g/mol. The minimum atomic E-state index is 0.176. The zero-order chi connectivity index (χ0) is 16.2. The van der Waals surface area contributed by atoms with Crippen LogP contribution in [0.3, 0.4) is 0 Å². The number of ether oxygens (including phenoxy) is 3. The van der Waals surface area contributed by atoms with E-state index in [2.05, 4.69) is 16.0 Å². The normalized spacial score (nSPS) is 31.9. The summed E-state index contributed by atoms with van der Waals surface area (Å²) in [6, 6.07) is 4.56. The molecule has 0 saturated carbocycles. The van der Waals surface area contributed by atoms with Gasteiger partial charge >= 0.3 is 0 Å². The number of hydrogen-bond donors (Lipinski definition) is 0. The van der Waals surface area contributed by atoms with Gasteiger partial charge in [-0.3, -0.25) is 9.88 Å². The SMILES string of the molecule is c1cncc(CO[C@@H]2CN(CC3CCOCC3)[C@H]3CCCO[C@H]23)c1. The quantitative estimate of drug-likeness (QED) is 0.827. The van der Waals surface area contributed by atoms with Crippen LogP contribution in [0, 0.1) is 5.92 Å². The first-order valence-corrected chi connectivity index (χ1v) is 9.34. The number of aromatic nitrogens is 1. The van der Waals surface area contributed by atoms with Crippen LogP contribution in [0.4, 0.5) is 0 Å². The molecule has 4 heterocycles. The third-order valence-electron chi connectivity index (χ3n) is 5.60. The Morgan fingerprint density at radius 3 is 2.96 bits per heavy atom. The summed E-state index contributed by atoms with van der Waals surface area (Å²) in [5.74, 6) is 0.762.